The van der Waals surface area contributed by atoms with Gasteiger partial charge in [0.15, 0.2) is 0 Å². The van der Waals surface area contributed by atoms with Crippen molar-refractivity contribution in [3.63, 3.8) is 0 Å². The summed E-state index contributed by atoms with van der Waals surface area (Å²) in [6, 6.07) is 14.4. The minimum absolute atomic E-state index is 0. The largest absolute Gasteiger partial charge is 0.342 e. The molecule has 1 atom stereocenters. The molecule has 0 spiro atoms. The van der Waals surface area contributed by atoms with Gasteiger partial charge in [0.25, 0.3) is 0 Å². The molecule has 5 rings (SSSR count). The van der Waals surface area contributed by atoms with Gasteiger partial charge in [0.2, 0.25) is 5.91 Å². The van der Waals surface area contributed by atoms with Crippen LogP contribution in [0.5, 0.6) is 0 Å². The topological polar surface area (TPSA) is 46.1 Å². The second kappa shape index (κ2) is 11.1. The Morgan fingerprint density at radius 2 is 1.79 bits per heavy atom. The summed E-state index contributed by atoms with van der Waals surface area (Å²) >= 11 is 6.33. The molecule has 1 amide bonds. The predicted octanol–water partition coefficient (Wildman–Crippen LogP) is 5.90. The molecule has 174 valence electrons. The van der Waals surface area contributed by atoms with Crippen molar-refractivity contribution in [2.24, 2.45) is 5.92 Å². The van der Waals surface area contributed by atoms with Crippen LogP contribution in [0.25, 0.3) is 0 Å². The lowest BCUT2D eigenvalue weighted by atomic mass is 9.76. The zero-order valence-electron chi connectivity index (χ0n) is 17.9. The average molecular weight is 484 g/mol. The number of amides is 1. The van der Waals surface area contributed by atoms with E-state index in [-0.39, 0.29) is 31.7 Å². The van der Waals surface area contributed by atoms with Crippen LogP contribution in [0, 0.1) is 5.92 Å². The van der Waals surface area contributed by atoms with Crippen LogP contribution in [-0.2, 0) is 24.1 Å². The van der Waals surface area contributed by atoms with Crippen LogP contribution < -0.4 is 0 Å². The number of halogens is 2. The molecule has 1 aliphatic carbocycles. The van der Waals surface area contributed by atoms with Gasteiger partial charge in [0.1, 0.15) is 0 Å². The fraction of sp³-hybridized carbons (Fsp3) is 0.370. The van der Waals surface area contributed by atoms with Crippen molar-refractivity contribution in [1.82, 2.24) is 14.9 Å². The summed E-state index contributed by atoms with van der Waals surface area (Å²) in [5, 5.41) is 0.798. The predicted molar refractivity (Wildman–Crippen MR) is 136 cm³/mol. The van der Waals surface area contributed by atoms with Crippen LogP contribution >= 0.6 is 24.0 Å². The number of pyridine rings is 2. The van der Waals surface area contributed by atoms with E-state index in [1.54, 1.807) is 12.4 Å². The molecule has 0 radical (unpaired) electrons. The highest BCUT2D eigenvalue weighted by molar-refractivity contribution is 6.30. The number of nitrogens with zero attached hydrogens (tertiary/aromatic N) is 3. The van der Waals surface area contributed by atoms with E-state index in [9.17, 15) is 4.79 Å². The van der Waals surface area contributed by atoms with Gasteiger partial charge in [-0.1, -0.05) is 37.2 Å². The van der Waals surface area contributed by atoms with Crippen molar-refractivity contribution >= 4 is 29.9 Å². The Morgan fingerprint density at radius 3 is 2.55 bits per heavy atom. The number of piperidine rings is 1. The highest BCUT2D eigenvalue weighted by Crippen LogP contribution is 2.42. The van der Waals surface area contributed by atoms with E-state index in [2.05, 4.69) is 23.2 Å². The lowest BCUT2D eigenvalue weighted by Gasteiger charge is -2.37. The number of aryl methyl sites for hydroxylation is 2. The Bertz CT molecular complexity index is 1080. The van der Waals surface area contributed by atoms with Gasteiger partial charge in [0.05, 0.1) is 12.1 Å². The number of benzene rings is 1. The van der Waals surface area contributed by atoms with Gasteiger partial charge in [-0.25, -0.2) is 0 Å². The first-order valence-electron chi connectivity index (χ1n) is 11.1. The van der Waals surface area contributed by atoms with E-state index in [0.29, 0.717) is 12.3 Å². The van der Waals surface area contributed by atoms with Gasteiger partial charge >= 0.3 is 0 Å². The lowest BCUT2D eigenvalue weighted by Crippen LogP contribution is -2.40. The van der Waals surface area contributed by atoms with Crippen LogP contribution in [0.4, 0.5) is 0 Å². The molecule has 2 aromatic heterocycles. The summed E-state index contributed by atoms with van der Waals surface area (Å²) in [4.78, 5) is 23.8. The molecule has 2 aliphatic rings. The number of rotatable bonds is 3. The van der Waals surface area contributed by atoms with Crippen molar-refractivity contribution in [3.05, 3.63) is 94.0 Å². The van der Waals surface area contributed by atoms with E-state index in [1.165, 1.54) is 22.4 Å². The zero-order valence-corrected chi connectivity index (χ0v) is 19.5. The quantitative estimate of drug-likeness (QED) is 0.465. The molecule has 1 unspecified atom stereocenters. The molecule has 0 N–H and O–H groups in total. The van der Waals surface area contributed by atoms with Gasteiger partial charge in [-0.2, -0.15) is 0 Å². The number of fused-ring (bicyclic) bond motifs is 2. The standard InChI is InChI=1S/C26H26ClN3O.CH4.ClH/c27-22-7-8-23-21(16-22)6-5-20-4-2-12-29-26(20)25(23)19-9-13-30(14-10-19)24(31)15-18-3-1-11-28-17-18;;/h1-4,7-8,11-12,16-17,19,25H,5-6,9-10,13-15H2;1H4;1H. The van der Waals surface area contributed by atoms with Crippen LogP contribution in [-0.4, -0.2) is 33.9 Å². The Morgan fingerprint density at radius 1 is 1.03 bits per heavy atom. The first kappa shape index (κ1) is 25.2. The average Bonchev–Trinajstić information content (AvgIpc) is 2.96. The van der Waals surface area contributed by atoms with E-state index >= 15 is 0 Å². The second-order valence-corrected chi connectivity index (χ2v) is 9.06. The van der Waals surface area contributed by atoms with Crippen LogP contribution in [0.3, 0.4) is 0 Å². The first-order valence-corrected chi connectivity index (χ1v) is 11.5. The van der Waals surface area contributed by atoms with Crippen LogP contribution in [0.15, 0.2) is 61.1 Å². The highest BCUT2D eigenvalue weighted by atomic mass is 35.5. The minimum atomic E-state index is 0. The monoisotopic (exact) mass is 483 g/mol. The summed E-state index contributed by atoms with van der Waals surface area (Å²) in [7, 11) is 0. The molecule has 3 aromatic rings. The normalized spacial score (nSPS) is 17.6. The Kier molecular flexibility index (Phi) is 8.50. The van der Waals surface area contributed by atoms with E-state index in [4.69, 9.17) is 16.6 Å². The minimum Gasteiger partial charge on any atom is -0.342 e. The van der Waals surface area contributed by atoms with Gasteiger partial charge in [-0.3, -0.25) is 14.8 Å². The highest BCUT2D eigenvalue weighted by Gasteiger charge is 2.34. The summed E-state index contributed by atoms with van der Waals surface area (Å²) in [6.45, 7) is 1.59. The first-order chi connectivity index (χ1) is 15.2. The summed E-state index contributed by atoms with van der Waals surface area (Å²) < 4.78 is 0. The van der Waals surface area contributed by atoms with E-state index in [1.807, 2.05) is 35.4 Å². The van der Waals surface area contributed by atoms with Crippen LogP contribution in [0.1, 0.15) is 54.1 Å². The van der Waals surface area contributed by atoms with Crippen molar-refractivity contribution < 1.29 is 4.79 Å². The lowest BCUT2D eigenvalue weighted by molar-refractivity contribution is -0.131. The molecule has 4 nitrogen and oxygen atoms in total. The summed E-state index contributed by atoms with van der Waals surface area (Å²) in [6.07, 6.45) is 9.82. The number of carbonyl (C=O) groups is 1. The molecular formula is C27H31Cl2N3O. The fourth-order valence-electron chi connectivity index (χ4n) is 5.20. The van der Waals surface area contributed by atoms with Crippen molar-refractivity contribution in [3.8, 4) is 0 Å². The van der Waals surface area contributed by atoms with Gasteiger partial charge in [-0.05, 0) is 78.1 Å². The maximum absolute atomic E-state index is 12.8. The van der Waals surface area contributed by atoms with E-state index in [0.717, 1.165) is 49.4 Å². The zero-order chi connectivity index (χ0) is 21.2. The molecule has 3 heterocycles. The van der Waals surface area contributed by atoms with Crippen molar-refractivity contribution in [1.29, 1.82) is 0 Å². The molecule has 0 bridgehead atoms. The van der Waals surface area contributed by atoms with Crippen molar-refractivity contribution in [2.45, 2.75) is 45.4 Å². The fourth-order valence-corrected chi connectivity index (χ4v) is 5.40. The molecular weight excluding hydrogens is 453 g/mol. The Balaban J connectivity index is 0.00000153. The summed E-state index contributed by atoms with van der Waals surface area (Å²) in [5.41, 5.74) is 6.23. The van der Waals surface area contributed by atoms with Gasteiger partial charge in [0, 0.05) is 42.6 Å². The Labute approximate surface area is 207 Å². The molecule has 33 heavy (non-hydrogen) atoms. The molecule has 1 saturated heterocycles. The second-order valence-electron chi connectivity index (χ2n) is 8.62. The number of hydrogen-bond acceptors (Lipinski definition) is 3. The third-order valence-electron chi connectivity index (χ3n) is 6.77. The summed E-state index contributed by atoms with van der Waals surface area (Å²) in [5.74, 6) is 0.925. The molecule has 1 aliphatic heterocycles. The number of hydrogen-bond donors (Lipinski definition) is 0. The van der Waals surface area contributed by atoms with Crippen LogP contribution in [0.2, 0.25) is 5.02 Å². The number of likely N-dealkylation sites (tertiary alicyclic amines) is 1. The smallest absolute Gasteiger partial charge is 0.227 e. The van der Waals surface area contributed by atoms with Gasteiger partial charge < -0.3 is 4.90 Å². The Hall–Kier alpha value is -2.43. The maximum atomic E-state index is 12.8. The maximum Gasteiger partial charge on any atom is 0.227 e. The number of aromatic nitrogens is 2. The third kappa shape index (κ3) is 5.39. The number of carbonyl (C=O) groups excluding carboxylic acids is 1. The molecule has 1 fully saturated rings. The SMILES string of the molecule is C.Cl.O=C(Cc1cccnc1)N1CCC(C2c3ccc(Cl)cc3CCc3cccnc32)CC1. The van der Waals surface area contributed by atoms with Crippen molar-refractivity contribution in [2.75, 3.05) is 13.1 Å². The van der Waals surface area contributed by atoms with E-state index < -0.39 is 0 Å². The molecule has 1 aromatic carbocycles. The molecule has 6 heteroatoms. The third-order valence-corrected chi connectivity index (χ3v) is 7.00. The van der Waals surface area contributed by atoms with Gasteiger partial charge in [-0.15, -0.1) is 12.4 Å². The molecule has 0 saturated carbocycles.